The van der Waals surface area contributed by atoms with Crippen molar-refractivity contribution in [2.24, 2.45) is 0 Å². The number of unbranched alkanes of at least 4 members (excludes halogenated alkanes) is 52. The highest BCUT2D eigenvalue weighted by Crippen LogP contribution is 2.19. The summed E-state index contributed by atoms with van der Waals surface area (Å²) in [6.07, 6.45) is 90.5. The third kappa shape index (κ3) is 67.1. The van der Waals surface area contributed by atoms with Crippen LogP contribution in [0.3, 0.4) is 0 Å². The van der Waals surface area contributed by atoms with E-state index in [1.165, 1.54) is 321 Å². The second-order valence-corrected chi connectivity index (χ2v) is 25.3. The van der Waals surface area contributed by atoms with Crippen LogP contribution in [-0.4, -0.2) is 47.4 Å². The van der Waals surface area contributed by atoms with E-state index in [1.807, 2.05) is 0 Å². The summed E-state index contributed by atoms with van der Waals surface area (Å²) in [5, 5.41) is 23.4. The van der Waals surface area contributed by atoms with Crippen molar-refractivity contribution in [2.75, 3.05) is 13.2 Å². The zero-order chi connectivity index (χ0) is 58.5. The molecule has 0 aromatic rings. The standard InChI is InChI=1S/C75H143NO5/c1-3-5-7-9-11-13-15-17-19-21-32-35-39-43-47-51-55-59-63-67-73(78)72(71-77)76-74(79)68-64-60-56-52-48-44-40-36-33-30-28-26-24-23-25-27-29-31-34-38-42-46-50-54-58-62-66-70-81-75(80)69-65-61-57-53-49-45-41-37-22-20-18-16-14-12-10-8-6-4-2/h14,16,20,22-24,72-73,77-78H,3-13,15,17-19,21,25-71H2,1-2H3,(H,76,79)/b16-14-,22-20-,24-23-. The third-order valence-corrected chi connectivity index (χ3v) is 17.2. The fourth-order valence-corrected chi connectivity index (χ4v) is 11.6. The SMILES string of the molecule is CCCCCC/C=C\C/C=C\CCCCCCCCCC(=O)OCCCCCCCCCCCCCC/C=C\CCCCCCCCCCCCCC(=O)NC(CO)C(O)CCCCCCCCCCCCCCCCCCCCC. The molecule has 0 bridgehead atoms. The molecule has 0 aliphatic heterocycles. The topological polar surface area (TPSA) is 95.9 Å². The van der Waals surface area contributed by atoms with E-state index in [9.17, 15) is 19.8 Å². The summed E-state index contributed by atoms with van der Waals surface area (Å²) >= 11 is 0. The highest BCUT2D eigenvalue weighted by molar-refractivity contribution is 5.76. The summed E-state index contributed by atoms with van der Waals surface area (Å²) < 4.78 is 5.50. The molecule has 3 N–H and O–H groups in total. The third-order valence-electron chi connectivity index (χ3n) is 17.2. The lowest BCUT2D eigenvalue weighted by Crippen LogP contribution is -2.45. The Morgan fingerprint density at radius 1 is 0.346 bits per heavy atom. The molecule has 81 heavy (non-hydrogen) atoms. The Kier molecular flexibility index (Phi) is 68.9. The van der Waals surface area contributed by atoms with Crippen molar-refractivity contribution in [1.29, 1.82) is 0 Å². The van der Waals surface area contributed by atoms with Gasteiger partial charge in [0.05, 0.1) is 25.4 Å². The maximum Gasteiger partial charge on any atom is 0.305 e. The molecule has 6 nitrogen and oxygen atoms in total. The fraction of sp³-hybridized carbons (Fsp3) is 0.893. The lowest BCUT2D eigenvalue weighted by atomic mass is 10.0. The van der Waals surface area contributed by atoms with Crippen molar-refractivity contribution in [3.05, 3.63) is 36.5 Å². The monoisotopic (exact) mass is 1140 g/mol. The van der Waals surface area contributed by atoms with Crippen molar-refractivity contribution in [1.82, 2.24) is 5.32 Å². The first-order valence-electron chi connectivity index (χ1n) is 36.7. The first-order chi connectivity index (χ1) is 40.0. The molecular weight excluding hydrogens is 995 g/mol. The molecule has 2 unspecified atom stereocenters. The number of hydrogen-bond acceptors (Lipinski definition) is 5. The first-order valence-corrected chi connectivity index (χ1v) is 36.7. The van der Waals surface area contributed by atoms with Crippen LogP contribution in [0.5, 0.6) is 0 Å². The van der Waals surface area contributed by atoms with Crippen LogP contribution in [0.2, 0.25) is 0 Å². The minimum atomic E-state index is -0.666. The Morgan fingerprint density at radius 2 is 0.617 bits per heavy atom. The van der Waals surface area contributed by atoms with Crippen molar-refractivity contribution < 1.29 is 24.5 Å². The van der Waals surface area contributed by atoms with Gasteiger partial charge in [-0.15, -0.1) is 0 Å². The van der Waals surface area contributed by atoms with Gasteiger partial charge in [0.1, 0.15) is 0 Å². The predicted octanol–water partition coefficient (Wildman–Crippen LogP) is 23.9. The minimum absolute atomic E-state index is 0.00842. The lowest BCUT2D eigenvalue weighted by Gasteiger charge is -2.22. The Hall–Kier alpha value is -1.92. The summed E-state index contributed by atoms with van der Waals surface area (Å²) in [5.41, 5.74) is 0. The molecule has 0 spiro atoms. The van der Waals surface area contributed by atoms with Crippen LogP contribution < -0.4 is 5.32 Å². The molecule has 0 aliphatic carbocycles. The number of ether oxygens (including phenoxy) is 1. The van der Waals surface area contributed by atoms with Crippen LogP contribution in [-0.2, 0) is 14.3 Å². The maximum atomic E-state index is 12.5. The van der Waals surface area contributed by atoms with Gasteiger partial charge in [-0.3, -0.25) is 9.59 Å². The number of hydrogen-bond donors (Lipinski definition) is 3. The van der Waals surface area contributed by atoms with Crippen LogP contribution in [0.1, 0.15) is 406 Å². The number of carbonyl (C=O) groups is 2. The molecule has 0 saturated carbocycles. The van der Waals surface area contributed by atoms with E-state index in [1.54, 1.807) is 0 Å². The number of aliphatic hydroxyl groups excluding tert-OH is 2. The van der Waals surface area contributed by atoms with Gasteiger partial charge in [-0.2, -0.15) is 0 Å². The molecule has 1 amide bonds. The largest absolute Gasteiger partial charge is 0.466 e. The number of rotatable bonds is 69. The fourth-order valence-electron chi connectivity index (χ4n) is 11.6. The van der Waals surface area contributed by atoms with E-state index in [0.717, 1.165) is 51.4 Å². The van der Waals surface area contributed by atoms with Gasteiger partial charge < -0.3 is 20.3 Å². The Balaban J connectivity index is 3.38. The van der Waals surface area contributed by atoms with Gasteiger partial charge >= 0.3 is 5.97 Å². The van der Waals surface area contributed by atoms with Gasteiger partial charge in [0.2, 0.25) is 5.91 Å². The van der Waals surface area contributed by atoms with Crippen molar-refractivity contribution in [3.63, 3.8) is 0 Å². The zero-order valence-corrected chi connectivity index (χ0v) is 54.8. The van der Waals surface area contributed by atoms with Gasteiger partial charge in [-0.1, -0.05) is 346 Å². The van der Waals surface area contributed by atoms with Crippen molar-refractivity contribution in [3.8, 4) is 0 Å². The van der Waals surface area contributed by atoms with E-state index in [-0.39, 0.29) is 18.5 Å². The quantitative estimate of drug-likeness (QED) is 0.0320. The van der Waals surface area contributed by atoms with E-state index in [4.69, 9.17) is 4.74 Å². The molecule has 0 heterocycles. The normalized spacial score (nSPS) is 12.7. The minimum Gasteiger partial charge on any atom is -0.466 e. The van der Waals surface area contributed by atoms with Crippen molar-refractivity contribution >= 4 is 11.9 Å². The number of amides is 1. The van der Waals surface area contributed by atoms with Gasteiger partial charge in [0.25, 0.3) is 0 Å². The van der Waals surface area contributed by atoms with Gasteiger partial charge in [-0.05, 0) is 83.5 Å². The van der Waals surface area contributed by atoms with Crippen LogP contribution in [0.25, 0.3) is 0 Å². The maximum absolute atomic E-state index is 12.5. The predicted molar refractivity (Wildman–Crippen MR) is 356 cm³/mol. The van der Waals surface area contributed by atoms with Crippen LogP contribution in [0, 0.1) is 0 Å². The summed E-state index contributed by atoms with van der Waals surface area (Å²) in [4.78, 5) is 24.6. The van der Waals surface area contributed by atoms with Crippen molar-refractivity contribution in [2.45, 2.75) is 418 Å². The number of allylic oxidation sites excluding steroid dienone is 6. The number of aliphatic hydroxyl groups is 2. The summed E-state index contributed by atoms with van der Waals surface area (Å²) in [6, 6.07) is -0.543. The van der Waals surface area contributed by atoms with Crippen LogP contribution in [0.15, 0.2) is 36.5 Å². The molecular formula is C75H143NO5. The second kappa shape index (κ2) is 70.6. The Labute approximate surface area is 506 Å². The summed E-state index contributed by atoms with van der Waals surface area (Å²) in [7, 11) is 0. The number of esters is 1. The average Bonchev–Trinajstić information content (AvgIpc) is 3.47. The van der Waals surface area contributed by atoms with Gasteiger partial charge in [0.15, 0.2) is 0 Å². The highest BCUT2D eigenvalue weighted by Gasteiger charge is 2.20. The van der Waals surface area contributed by atoms with E-state index < -0.39 is 12.1 Å². The molecule has 0 aliphatic rings. The molecule has 0 radical (unpaired) electrons. The molecule has 0 rings (SSSR count). The molecule has 6 heteroatoms. The zero-order valence-electron chi connectivity index (χ0n) is 54.8. The smallest absolute Gasteiger partial charge is 0.305 e. The molecule has 0 fully saturated rings. The number of carbonyl (C=O) groups excluding carboxylic acids is 2. The Bertz CT molecular complexity index is 1310. The van der Waals surface area contributed by atoms with Crippen LogP contribution in [0.4, 0.5) is 0 Å². The summed E-state index contributed by atoms with van der Waals surface area (Å²) in [5.74, 6) is -0.0236. The lowest BCUT2D eigenvalue weighted by molar-refractivity contribution is -0.143. The first kappa shape index (κ1) is 79.1. The van der Waals surface area contributed by atoms with Crippen LogP contribution >= 0.6 is 0 Å². The second-order valence-electron chi connectivity index (χ2n) is 25.3. The van der Waals surface area contributed by atoms with Gasteiger partial charge in [0, 0.05) is 12.8 Å². The highest BCUT2D eigenvalue weighted by atomic mass is 16.5. The average molecular weight is 1140 g/mol. The number of nitrogens with one attached hydrogen (secondary N) is 1. The van der Waals surface area contributed by atoms with E-state index >= 15 is 0 Å². The molecule has 0 aromatic heterocycles. The van der Waals surface area contributed by atoms with Gasteiger partial charge in [-0.25, -0.2) is 0 Å². The van der Waals surface area contributed by atoms with E-state index in [0.29, 0.717) is 25.9 Å². The molecule has 0 aromatic carbocycles. The van der Waals surface area contributed by atoms with E-state index in [2.05, 4.69) is 55.6 Å². The summed E-state index contributed by atoms with van der Waals surface area (Å²) in [6.45, 7) is 4.97. The Morgan fingerprint density at radius 3 is 0.963 bits per heavy atom. The molecule has 0 saturated heterocycles. The molecule has 2 atom stereocenters. The molecule has 478 valence electrons.